The van der Waals surface area contributed by atoms with Gasteiger partial charge in [-0.15, -0.1) is 11.3 Å². The van der Waals surface area contributed by atoms with Gasteiger partial charge >= 0.3 is 6.09 Å². The van der Waals surface area contributed by atoms with E-state index >= 15 is 0 Å². The van der Waals surface area contributed by atoms with Crippen molar-refractivity contribution in [3.8, 4) is 11.1 Å². The smallest absolute Gasteiger partial charge is 0.410 e. The minimum atomic E-state index is -0.287. The van der Waals surface area contributed by atoms with E-state index in [-0.39, 0.29) is 12.7 Å². The molecule has 5 rings (SSSR count). The summed E-state index contributed by atoms with van der Waals surface area (Å²) < 4.78 is 9.81. The first-order valence-electron chi connectivity index (χ1n) is 9.94. The molecule has 1 aliphatic rings. The first kappa shape index (κ1) is 19.9. The summed E-state index contributed by atoms with van der Waals surface area (Å²) >= 11 is 7.35. The predicted octanol–water partition coefficient (Wildman–Crippen LogP) is 3.91. The van der Waals surface area contributed by atoms with Crippen molar-refractivity contribution in [3.05, 3.63) is 58.3 Å². The Morgan fingerprint density at radius 2 is 1.90 bits per heavy atom. The fourth-order valence-electron chi connectivity index (χ4n) is 3.74. The number of piperazine rings is 1. The summed E-state index contributed by atoms with van der Waals surface area (Å²) in [5.41, 5.74) is 4.23. The van der Waals surface area contributed by atoms with Crippen LogP contribution in [0.2, 0.25) is 4.34 Å². The maximum Gasteiger partial charge on any atom is 0.410 e. The van der Waals surface area contributed by atoms with Crippen LogP contribution in [-0.2, 0) is 18.4 Å². The molecule has 0 radical (unpaired) electrons. The van der Waals surface area contributed by atoms with E-state index in [1.165, 1.54) is 11.3 Å². The molecule has 0 bridgehead atoms. The number of halogens is 1. The fourth-order valence-corrected chi connectivity index (χ4v) is 4.74. The van der Waals surface area contributed by atoms with Crippen molar-refractivity contribution in [2.75, 3.05) is 31.1 Å². The number of carbonyl (C=O) groups is 1. The fraction of sp³-hybridized carbons (Fsp3) is 0.286. The number of aryl methyl sites for hydroxylation is 1. The van der Waals surface area contributed by atoms with Crippen molar-refractivity contribution in [2.45, 2.75) is 6.61 Å². The Hall–Kier alpha value is -3.04. The quantitative estimate of drug-likeness (QED) is 0.465. The monoisotopic (exact) mass is 456 g/mol. The highest BCUT2D eigenvalue weighted by Gasteiger charge is 2.24. The number of hydrogen-bond acceptors (Lipinski definition) is 6. The Morgan fingerprint density at radius 1 is 1.06 bits per heavy atom. The zero-order valence-corrected chi connectivity index (χ0v) is 18.5. The molecule has 1 amide bonds. The lowest BCUT2D eigenvalue weighted by Crippen LogP contribution is -2.48. The molecule has 0 saturated carbocycles. The first-order valence-corrected chi connectivity index (χ1v) is 11.1. The van der Waals surface area contributed by atoms with E-state index in [9.17, 15) is 4.79 Å². The minimum absolute atomic E-state index is 0.254. The third-order valence-corrected chi connectivity index (χ3v) is 6.58. The molecule has 0 atom stereocenters. The number of amides is 1. The van der Waals surface area contributed by atoms with E-state index in [0.717, 1.165) is 40.3 Å². The van der Waals surface area contributed by atoms with Gasteiger partial charge in [0.1, 0.15) is 6.61 Å². The average Bonchev–Trinajstić information content (AvgIpc) is 3.51. The van der Waals surface area contributed by atoms with Gasteiger partial charge in [-0.2, -0.15) is 10.2 Å². The summed E-state index contributed by atoms with van der Waals surface area (Å²) in [6, 6.07) is 7.85. The lowest BCUT2D eigenvalue weighted by atomic mass is 10.1. The van der Waals surface area contributed by atoms with Gasteiger partial charge in [0.15, 0.2) is 0 Å². The van der Waals surface area contributed by atoms with Crippen LogP contribution >= 0.6 is 22.9 Å². The van der Waals surface area contributed by atoms with Gasteiger partial charge in [0.05, 0.1) is 27.9 Å². The molecule has 4 aromatic rings. The summed E-state index contributed by atoms with van der Waals surface area (Å²) in [4.78, 5) is 17.3. The molecule has 1 saturated heterocycles. The summed E-state index contributed by atoms with van der Waals surface area (Å²) in [6.07, 6.45) is 7.44. The molecule has 0 spiro atoms. The molecule has 1 fully saturated rings. The number of aromatic nitrogens is 4. The number of anilines is 1. The van der Waals surface area contributed by atoms with Crippen LogP contribution in [0, 0.1) is 0 Å². The van der Waals surface area contributed by atoms with Crippen molar-refractivity contribution in [1.82, 2.24) is 24.3 Å². The van der Waals surface area contributed by atoms with E-state index in [1.807, 2.05) is 48.5 Å². The molecular weight excluding hydrogens is 436 g/mol. The number of ether oxygens (including phenoxy) is 1. The summed E-state index contributed by atoms with van der Waals surface area (Å²) in [7, 11) is 1.90. The number of hydrogen-bond donors (Lipinski definition) is 0. The number of carbonyl (C=O) groups excluding carboxylic acids is 1. The lowest BCUT2D eigenvalue weighted by molar-refractivity contribution is 0.0951. The SMILES string of the molecule is Cn1cc(-c2ccc3c(N4CCN(C(=O)OCc5ccc(Cl)s5)CC4)cnn3c2)cn1. The second-order valence-corrected chi connectivity index (χ2v) is 9.21. The van der Waals surface area contributed by atoms with E-state index in [2.05, 4.69) is 27.2 Å². The molecule has 8 nitrogen and oxygen atoms in total. The highest BCUT2D eigenvalue weighted by atomic mass is 35.5. The Bertz CT molecular complexity index is 1220. The molecule has 0 N–H and O–H groups in total. The predicted molar refractivity (Wildman–Crippen MR) is 121 cm³/mol. The molecule has 5 heterocycles. The van der Waals surface area contributed by atoms with Crippen molar-refractivity contribution in [3.63, 3.8) is 0 Å². The van der Waals surface area contributed by atoms with Crippen LogP contribution in [0.1, 0.15) is 4.88 Å². The molecule has 0 aliphatic carbocycles. The highest BCUT2D eigenvalue weighted by Crippen LogP contribution is 2.27. The number of pyridine rings is 1. The van der Waals surface area contributed by atoms with Crippen LogP contribution in [-0.4, -0.2) is 56.6 Å². The van der Waals surface area contributed by atoms with Crippen LogP contribution < -0.4 is 4.90 Å². The highest BCUT2D eigenvalue weighted by molar-refractivity contribution is 7.16. The Morgan fingerprint density at radius 3 is 2.61 bits per heavy atom. The lowest BCUT2D eigenvalue weighted by Gasteiger charge is -2.34. The van der Waals surface area contributed by atoms with Crippen molar-refractivity contribution >= 4 is 40.2 Å². The molecule has 10 heteroatoms. The number of thiophene rings is 1. The van der Waals surface area contributed by atoms with E-state index in [0.29, 0.717) is 17.4 Å². The van der Waals surface area contributed by atoms with Crippen LogP contribution in [0.4, 0.5) is 10.5 Å². The summed E-state index contributed by atoms with van der Waals surface area (Å²) in [6.45, 7) is 2.92. The maximum absolute atomic E-state index is 12.4. The van der Waals surface area contributed by atoms with Gasteiger partial charge in [0.2, 0.25) is 0 Å². The average molecular weight is 457 g/mol. The van der Waals surface area contributed by atoms with Gasteiger partial charge < -0.3 is 14.5 Å². The zero-order valence-electron chi connectivity index (χ0n) is 16.9. The van der Waals surface area contributed by atoms with E-state index in [1.54, 1.807) is 9.58 Å². The number of fused-ring (bicyclic) bond motifs is 1. The van der Waals surface area contributed by atoms with Crippen molar-refractivity contribution < 1.29 is 9.53 Å². The zero-order chi connectivity index (χ0) is 21.4. The molecule has 31 heavy (non-hydrogen) atoms. The second kappa shape index (κ2) is 8.24. The standard InChI is InChI=1S/C21H21ClN6O2S/c1-25-12-16(10-23-25)15-2-4-18-19(11-24-28(18)13-15)26-6-8-27(9-7-26)21(29)30-14-17-3-5-20(22)31-17/h2-5,10-13H,6-9,14H2,1H3. The molecule has 4 aromatic heterocycles. The molecule has 0 aromatic carbocycles. The topological polar surface area (TPSA) is 67.9 Å². The molecule has 160 valence electrons. The third-order valence-electron chi connectivity index (χ3n) is 5.38. The number of nitrogens with zero attached hydrogens (tertiary/aromatic N) is 6. The minimum Gasteiger partial charge on any atom is -0.444 e. The van der Waals surface area contributed by atoms with Crippen LogP contribution in [0.5, 0.6) is 0 Å². The summed E-state index contributed by atoms with van der Waals surface area (Å²) in [5.74, 6) is 0. The molecule has 0 unspecified atom stereocenters. The van der Waals surface area contributed by atoms with Gasteiger partial charge in [0.25, 0.3) is 0 Å². The molecular formula is C21H21ClN6O2S. The van der Waals surface area contributed by atoms with Gasteiger partial charge in [0, 0.05) is 61.6 Å². The molecule has 1 aliphatic heterocycles. The Labute approximate surface area is 188 Å². The van der Waals surface area contributed by atoms with Gasteiger partial charge in [-0.3, -0.25) is 4.68 Å². The van der Waals surface area contributed by atoms with Crippen LogP contribution in [0.25, 0.3) is 16.6 Å². The van der Waals surface area contributed by atoms with Crippen molar-refractivity contribution in [1.29, 1.82) is 0 Å². The Balaban J connectivity index is 1.22. The largest absolute Gasteiger partial charge is 0.444 e. The number of rotatable bonds is 4. The van der Waals surface area contributed by atoms with Crippen LogP contribution in [0.3, 0.4) is 0 Å². The second-order valence-electron chi connectivity index (χ2n) is 7.41. The van der Waals surface area contributed by atoms with Crippen molar-refractivity contribution in [2.24, 2.45) is 7.05 Å². The first-order chi connectivity index (χ1) is 15.1. The van der Waals surface area contributed by atoms with Crippen LogP contribution in [0.15, 0.2) is 49.1 Å². The van der Waals surface area contributed by atoms with E-state index < -0.39 is 0 Å². The normalized spacial score (nSPS) is 14.4. The van der Waals surface area contributed by atoms with Gasteiger partial charge in [-0.1, -0.05) is 17.7 Å². The summed E-state index contributed by atoms with van der Waals surface area (Å²) in [5, 5.41) is 8.77. The van der Waals surface area contributed by atoms with E-state index in [4.69, 9.17) is 16.3 Å². The van der Waals surface area contributed by atoms with Gasteiger partial charge in [-0.25, -0.2) is 9.31 Å². The third kappa shape index (κ3) is 4.11. The van der Waals surface area contributed by atoms with Gasteiger partial charge in [-0.05, 0) is 18.2 Å². The maximum atomic E-state index is 12.4. The Kier molecular flexibility index (Phi) is 5.29.